The molecule has 2 aliphatic rings. The normalized spacial score (nSPS) is 20.2. The van der Waals surface area contributed by atoms with Crippen LogP contribution in [0.4, 0.5) is 4.79 Å². The molecule has 1 aromatic heterocycles. The third kappa shape index (κ3) is 2.22. The Bertz CT molecular complexity index is 1150. The minimum Gasteiger partial charge on any atom is -0.493 e. The molecule has 1 N–H and O–H groups in total. The van der Waals surface area contributed by atoms with Crippen LogP contribution in [-0.2, 0) is 4.74 Å². The lowest BCUT2D eigenvalue weighted by Crippen LogP contribution is -2.38. The predicted octanol–water partition coefficient (Wildman–Crippen LogP) is 3.34. The fraction of sp³-hybridized carbons (Fsp3) is 0.333. The minimum absolute atomic E-state index is 0.101. The van der Waals surface area contributed by atoms with Gasteiger partial charge in [-0.05, 0) is 31.7 Å². The Kier molecular flexibility index (Phi) is 3.56. The lowest BCUT2D eigenvalue weighted by atomic mass is 10.1. The van der Waals surface area contributed by atoms with E-state index in [1.807, 2.05) is 42.5 Å². The Morgan fingerprint density at radius 1 is 1.18 bits per heavy atom. The van der Waals surface area contributed by atoms with Crippen LogP contribution in [0, 0.1) is 0 Å². The van der Waals surface area contributed by atoms with Crippen molar-refractivity contribution in [1.82, 2.24) is 14.0 Å². The number of fused-ring (bicyclic) bond motifs is 6. The van der Waals surface area contributed by atoms with Gasteiger partial charge in [0.25, 0.3) is 0 Å². The Morgan fingerprint density at radius 3 is 2.71 bits per heavy atom. The molecule has 1 saturated heterocycles. The van der Waals surface area contributed by atoms with Crippen molar-refractivity contribution in [2.24, 2.45) is 0 Å². The zero-order valence-corrected chi connectivity index (χ0v) is 15.7. The van der Waals surface area contributed by atoms with Gasteiger partial charge < -0.3 is 9.84 Å². The maximum absolute atomic E-state index is 13.2. The second kappa shape index (κ2) is 5.89. The molecule has 0 spiro atoms. The van der Waals surface area contributed by atoms with Gasteiger partial charge in [-0.3, -0.25) is 9.47 Å². The molecule has 3 heterocycles. The van der Waals surface area contributed by atoms with Crippen molar-refractivity contribution >= 4 is 16.9 Å². The maximum Gasteiger partial charge on any atom is 0.410 e. The lowest BCUT2D eigenvalue weighted by molar-refractivity contribution is 0.0688. The van der Waals surface area contributed by atoms with E-state index in [9.17, 15) is 14.7 Å². The molecule has 7 nitrogen and oxygen atoms in total. The molecule has 0 radical (unpaired) electrons. The fourth-order valence-electron chi connectivity index (χ4n) is 4.54. The van der Waals surface area contributed by atoms with E-state index in [4.69, 9.17) is 4.74 Å². The van der Waals surface area contributed by atoms with E-state index >= 15 is 0 Å². The molecule has 7 heteroatoms. The third-order valence-corrected chi connectivity index (χ3v) is 5.64. The first-order valence-corrected chi connectivity index (χ1v) is 9.49. The monoisotopic (exact) mass is 379 g/mol. The first-order chi connectivity index (χ1) is 13.5. The summed E-state index contributed by atoms with van der Waals surface area (Å²) >= 11 is 0. The summed E-state index contributed by atoms with van der Waals surface area (Å²) in [5.74, 6) is -0.101. The summed E-state index contributed by atoms with van der Waals surface area (Å²) in [6.45, 7) is 4.02. The number of benzene rings is 2. The Labute approximate surface area is 161 Å². The van der Waals surface area contributed by atoms with E-state index in [1.165, 1.54) is 4.57 Å². The van der Waals surface area contributed by atoms with Crippen LogP contribution in [0.1, 0.15) is 38.0 Å². The summed E-state index contributed by atoms with van der Waals surface area (Å²) in [6, 6.07) is 12.9. The average Bonchev–Trinajstić information content (AvgIpc) is 3.33. The van der Waals surface area contributed by atoms with Crippen molar-refractivity contribution in [1.29, 1.82) is 0 Å². The molecule has 5 rings (SSSR count). The Morgan fingerprint density at radius 2 is 1.93 bits per heavy atom. The van der Waals surface area contributed by atoms with Gasteiger partial charge in [0.2, 0.25) is 5.88 Å². The molecule has 2 aromatic carbocycles. The van der Waals surface area contributed by atoms with Gasteiger partial charge in [-0.2, -0.15) is 0 Å². The number of ether oxygens (including phenoxy) is 1. The summed E-state index contributed by atoms with van der Waals surface area (Å²) in [7, 11) is 0. The SMILES string of the molecule is CC(C)OC(=O)N1C[C@H]2CC1c1c(O)n(-c3cccc4ccccc34)c(=O)n12. The number of amides is 1. The van der Waals surface area contributed by atoms with Crippen LogP contribution in [0.5, 0.6) is 5.88 Å². The molecule has 28 heavy (non-hydrogen) atoms. The summed E-state index contributed by atoms with van der Waals surface area (Å²) in [6.07, 6.45) is 0.00281. The maximum atomic E-state index is 13.2. The van der Waals surface area contributed by atoms with Crippen LogP contribution in [0.3, 0.4) is 0 Å². The van der Waals surface area contributed by atoms with Crippen LogP contribution in [0.2, 0.25) is 0 Å². The van der Waals surface area contributed by atoms with Crippen LogP contribution in [0.25, 0.3) is 16.5 Å². The number of likely N-dealkylation sites (tertiary alicyclic amines) is 1. The standard InChI is InChI=1S/C21H21N3O4/c1-12(2)28-21(27)22-11-14-10-17(22)18-19(25)24(20(26)23(14)18)16-9-5-7-13-6-3-4-8-15(13)16/h3-9,12,14,17,25H,10-11H2,1-2H3/t14-,17?/m1/s1. The number of nitrogens with zero attached hydrogens (tertiary/aromatic N) is 3. The minimum atomic E-state index is -0.404. The number of hydrogen-bond acceptors (Lipinski definition) is 4. The molecule has 1 fully saturated rings. The van der Waals surface area contributed by atoms with E-state index in [0.717, 1.165) is 10.8 Å². The van der Waals surface area contributed by atoms with Crippen molar-refractivity contribution in [2.45, 2.75) is 38.5 Å². The highest BCUT2D eigenvalue weighted by Crippen LogP contribution is 2.49. The third-order valence-electron chi connectivity index (χ3n) is 5.64. The Hall–Kier alpha value is -3.22. The van der Waals surface area contributed by atoms with Crippen molar-refractivity contribution in [3.05, 3.63) is 58.6 Å². The summed E-state index contributed by atoms with van der Waals surface area (Å²) < 4.78 is 8.33. The van der Waals surface area contributed by atoms with Crippen LogP contribution in [-0.4, -0.2) is 37.9 Å². The van der Waals surface area contributed by atoms with Crippen molar-refractivity contribution in [3.63, 3.8) is 0 Å². The number of aromatic hydroxyl groups is 1. The highest BCUT2D eigenvalue weighted by Gasteiger charge is 2.49. The van der Waals surface area contributed by atoms with Crippen LogP contribution in [0.15, 0.2) is 47.3 Å². The van der Waals surface area contributed by atoms with Gasteiger partial charge in [-0.15, -0.1) is 0 Å². The number of imidazole rings is 1. The zero-order valence-electron chi connectivity index (χ0n) is 15.7. The molecule has 144 valence electrons. The van der Waals surface area contributed by atoms with Gasteiger partial charge in [0.1, 0.15) is 5.69 Å². The van der Waals surface area contributed by atoms with Crippen LogP contribution < -0.4 is 5.69 Å². The summed E-state index contributed by atoms with van der Waals surface area (Å²) in [5.41, 5.74) is 0.862. The smallest absolute Gasteiger partial charge is 0.410 e. The number of carbonyl (C=O) groups excluding carboxylic acids is 1. The number of aromatic nitrogens is 2. The molecule has 2 bridgehead atoms. The van der Waals surface area contributed by atoms with E-state index in [-0.39, 0.29) is 29.8 Å². The molecule has 1 unspecified atom stereocenters. The van der Waals surface area contributed by atoms with E-state index < -0.39 is 6.09 Å². The number of hydrogen-bond donors (Lipinski definition) is 1. The largest absolute Gasteiger partial charge is 0.493 e. The van der Waals surface area contributed by atoms with Gasteiger partial charge >= 0.3 is 11.8 Å². The summed E-state index contributed by atoms with van der Waals surface area (Å²) in [5, 5.41) is 12.9. The molecule has 2 atom stereocenters. The fourth-order valence-corrected chi connectivity index (χ4v) is 4.54. The quantitative estimate of drug-likeness (QED) is 0.741. The van der Waals surface area contributed by atoms with Gasteiger partial charge in [0.05, 0.1) is 23.9 Å². The Balaban J connectivity index is 1.64. The lowest BCUT2D eigenvalue weighted by Gasteiger charge is -2.27. The topological polar surface area (TPSA) is 76.7 Å². The number of carbonyl (C=O) groups is 1. The highest BCUT2D eigenvalue weighted by molar-refractivity contribution is 5.90. The van der Waals surface area contributed by atoms with Crippen molar-refractivity contribution < 1.29 is 14.6 Å². The summed E-state index contributed by atoms with van der Waals surface area (Å²) in [4.78, 5) is 27.2. The number of rotatable bonds is 2. The van der Waals surface area contributed by atoms with Crippen molar-refractivity contribution in [2.75, 3.05) is 6.54 Å². The van der Waals surface area contributed by atoms with E-state index in [2.05, 4.69) is 0 Å². The highest BCUT2D eigenvalue weighted by atomic mass is 16.6. The molecule has 3 aromatic rings. The second-order valence-corrected chi connectivity index (χ2v) is 7.69. The second-order valence-electron chi connectivity index (χ2n) is 7.69. The molecular formula is C21H21N3O4. The first kappa shape index (κ1) is 16.9. The van der Waals surface area contributed by atoms with Gasteiger partial charge in [0, 0.05) is 11.9 Å². The van der Waals surface area contributed by atoms with Crippen molar-refractivity contribution in [3.8, 4) is 11.6 Å². The zero-order chi connectivity index (χ0) is 19.6. The molecule has 0 saturated carbocycles. The van der Waals surface area contributed by atoms with E-state index in [1.54, 1.807) is 23.3 Å². The first-order valence-electron chi connectivity index (χ1n) is 9.49. The average molecular weight is 379 g/mol. The van der Waals surface area contributed by atoms with Gasteiger partial charge in [0.15, 0.2) is 0 Å². The predicted molar refractivity (Wildman–Crippen MR) is 104 cm³/mol. The van der Waals surface area contributed by atoms with Gasteiger partial charge in [-0.25, -0.2) is 14.2 Å². The van der Waals surface area contributed by atoms with Gasteiger partial charge in [-0.1, -0.05) is 36.4 Å². The molecule has 2 aliphatic heterocycles. The molecule has 0 aliphatic carbocycles. The van der Waals surface area contributed by atoms with Crippen LogP contribution >= 0.6 is 0 Å². The molecular weight excluding hydrogens is 358 g/mol. The van der Waals surface area contributed by atoms with E-state index in [0.29, 0.717) is 24.3 Å². The molecule has 1 amide bonds.